The highest BCUT2D eigenvalue weighted by Gasteiger charge is 2.08. The number of halogens is 1. The Bertz CT molecular complexity index is 554. The molecule has 0 bridgehead atoms. The smallest absolute Gasteiger partial charge is 0.319 e. The Hall–Kier alpha value is -1.81. The second kappa shape index (κ2) is 7.10. The van der Waals surface area contributed by atoms with Gasteiger partial charge in [0.2, 0.25) is 0 Å². The summed E-state index contributed by atoms with van der Waals surface area (Å²) in [6.07, 6.45) is 0.814. The molecule has 2 aromatic rings. The number of carbonyl (C=O) groups is 1. The molecule has 0 fully saturated rings. The molecular formula is C16H17BrN2O. The molecule has 4 heteroatoms. The van der Waals surface area contributed by atoms with Crippen molar-refractivity contribution in [2.45, 2.75) is 19.4 Å². The summed E-state index contributed by atoms with van der Waals surface area (Å²) in [5.74, 6) is 0. The highest BCUT2D eigenvalue weighted by molar-refractivity contribution is 9.10. The van der Waals surface area contributed by atoms with Gasteiger partial charge in [-0.05, 0) is 43.2 Å². The Morgan fingerprint density at radius 2 is 1.75 bits per heavy atom. The maximum absolute atomic E-state index is 11.9. The first-order valence-electron chi connectivity index (χ1n) is 6.50. The molecule has 0 spiro atoms. The highest BCUT2D eigenvalue weighted by Crippen LogP contribution is 2.14. The Morgan fingerprint density at radius 3 is 2.40 bits per heavy atom. The maximum atomic E-state index is 11.9. The Kier molecular flexibility index (Phi) is 5.18. The van der Waals surface area contributed by atoms with Gasteiger partial charge < -0.3 is 10.6 Å². The van der Waals surface area contributed by atoms with Gasteiger partial charge in [0, 0.05) is 16.2 Å². The predicted molar refractivity (Wildman–Crippen MR) is 85.9 cm³/mol. The van der Waals surface area contributed by atoms with Crippen LogP contribution in [0.3, 0.4) is 0 Å². The van der Waals surface area contributed by atoms with Crippen LogP contribution in [0.1, 0.15) is 12.5 Å². The minimum absolute atomic E-state index is 0.0767. The average Bonchev–Trinajstić information content (AvgIpc) is 2.42. The highest BCUT2D eigenvalue weighted by atomic mass is 79.9. The van der Waals surface area contributed by atoms with E-state index in [9.17, 15) is 4.79 Å². The molecule has 104 valence electrons. The fraction of sp³-hybridized carbons (Fsp3) is 0.188. The third-order valence-corrected chi connectivity index (χ3v) is 3.39. The van der Waals surface area contributed by atoms with E-state index in [-0.39, 0.29) is 12.1 Å². The number of hydrogen-bond acceptors (Lipinski definition) is 1. The van der Waals surface area contributed by atoms with Gasteiger partial charge >= 0.3 is 6.03 Å². The lowest BCUT2D eigenvalue weighted by Gasteiger charge is -2.14. The van der Waals surface area contributed by atoms with Gasteiger partial charge in [-0.3, -0.25) is 0 Å². The minimum atomic E-state index is -0.184. The molecule has 0 aromatic heterocycles. The quantitative estimate of drug-likeness (QED) is 0.865. The molecule has 2 amide bonds. The third kappa shape index (κ3) is 4.70. The van der Waals surface area contributed by atoms with E-state index in [1.807, 2.05) is 49.4 Å². The number of benzene rings is 2. The van der Waals surface area contributed by atoms with E-state index in [0.717, 1.165) is 16.6 Å². The van der Waals surface area contributed by atoms with Crippen LogP contribution in [-0.2, 0) is 6.42 Å². The molecule has 20 heavy (non-hydrogen) atoms. The van der Waals surface area contributed by atoms with Gasteiger partial charge in [0.25, 0.3) is 0 Å². The summed E-state index contributed by atoms with van der Waals surface area (Å²) in [6, 6.07) is 17.5. The van der Waals surface area contributed by atoms with Crippen molar-refractivity contribution in [3.05, 3.63) is 64.6 Å². The number of rotatable bonds is 4. The third-order valence-electron chi connectivity index (χ3n) is 2.86. The van der Waals surface area contributed by atoms with E-state index in [2.05, 4.69) is 38.7 Å². The lowest BCUT2D eigenvalue weighted by molar-refractivity contribution is 0.249. The van der Waals surface area contributed by atoms with E-state index in [1.54, 1.807) is 0 Å². The van der Waals surface area contributed by atoms with E-state index in [1.165, 1.54) is 5.56 Å². The Balaban J connectivity index is 1.83. The molecule has 1 atom stereocenters. The first-order chi connectivity index (χ1) is 9.63. The van der Waals surface area contributed by atoms with Crippen LogP contribution < -0.4 is 10.6 Å². The van der Waals surface area contributed by atoms with Crippen LogP contribution in [0.25, 0.3) is 0 Å². The Morgan fingerprint density at radius 1 is 1.10 bits per heavy atom. The van der Waals surface area contributed by atoms with Crippen LogP contribution in [0.4, 0.5) is 10.5 Å². The molecule has 2 rings (SSSR count). The SMILES string of the molecule is CC(Cc1ccccc1)NC(=O)Nc1ccc(Br)cc1. The summed E-state index contributed by atoms with van der Waals surface area (Å²) in [5.41, 5.74) is 1.99. The van der Waals surface area contributed by atoms with Crippen molar-refractivity contribution in [3.63, 3.8) is 0 Å². The molecule has 3 nitrogen and oxygen atoms in total. The van der Waals surface area contributed by atoms with E-state index in [4.69, 9.17) is 0 Å². The second-order valence-corrected chi connectivity index (χ2v) is 5.61. The Labute approximate surface area is 127 Å². The number of amides is 2. The van der Waals surface area contributed by atoms with Gasteiger partial charge in [0.15, 0.2) is 0 Å². The summed E-state index contributed by atoms with van der Waals surface area (Å²) >= 11 is 3.36. The van der Waals surface area contributed by atoms with Gasteiger partial charge in [0.1, 0.15) is 0 Å². The van der Waals surface area contributed by atoms with Crippen molar-refractivity contribution >= 4 is 27.6 Å². The van der Waals surface area contributed by atoms with Crippen LogP contribution in [0.2, 0.25) is 0 Å². The van der Waals surface area contributed by atoms with Gasteiger partial charge in [-0.2, -0.15) is 0 Å². The number of nitrogens with one attached hydrogen (secondary N) is 2. The molecule has 2 N–H and O–H groups in total. The summed E-state index contributed by atoms with van der Waals surface area (Å²) in [6.45, 7) is 1.99. The van der Waals surface area contributed by atoms with Crippen LogP contribution in [0.5, 0.6) is 0 Å². The van der Waals surface area contributed by atoms with Crippen molar-refractivity contribution in [2.24, 2.45) is 0 Å². The summed E-state index contributed by atoms with van der Waals surface area (Å²) in [4.78, 5) is 11.9. The molecule has 1 unspecified atom stereocenters. The second-order valence-electron chi connectivity index (χ2n) is 4.70. The van der Waals surface area contributed by atoms with Gasteiger partial charge in [0.05, 0.1) is 0 Å². The van der Waals surface area contributed by atoms with Crippen molar-refractivity contribution in [1.29, 1.82) is 0 Å². The maximum Gasteiger partial charge on any atom is 0.319 e. The zero-order chi connectivity index (χ0) is 14.4. The summed E-state index contributed by atoms with van der Waals surface area (Å²) < 4.78 is 0.987. The van der Waals surface area contributed by atoms with Crippen molar-refractivity contribution in [1.82, 2.24) is 5.32 Å². The number of carbonyl (C=O) groups excluding carboxylic acids is 1. The zero-order valence-electron chi connectivity index (χ0n) is 11.3. The molecule has 0 saturated carbocycles. The zero-order valence-corrected chi connectivity index (χ0v) is 12.9. The fourth-order valence-electron chi connectivity index (χ4n) is 1.94. The fourth-order valence-corrected chi connectivity index (χ4v) is 2.21. The van der Waals surface area contributed by atoms with Crippen molar-refractivity contribution in [3.8, 4) is 0 Å². The molecule has 0 aliphatic rings. The van der Waals surface area contributed by atoms with E-state index >= 15 is 0 Å². The summed E-state index contributed by atoms with van der Waals surface area (Å²) in [7, 11) is 0. The average molecular weight is 333 g/mol. The number of urea groups is 1. The largest absolute Gasteiger partial charge is 0.335 e. The van der Waals surface area contributed by atoms with Crippen LogP contribution in [0, 0.1) is 0 Å². The van der Waals surface area contributed by atoms with Crippen LogP contribution in [-0.4, -0.2) is 12.1 Å². The van der Waals surface area contributed by atoms with Crippen molar-refractivity contribution < 1.29 is 4.79 Å². The lowest BCUT2D eigenvalue weighted by Crippen LogP contribution is -2.37. The first-order valence-corrected chi connectivity index (χ1v) is 7.30. The monoisotopic (exact) mass is 332 g/mol. The van der Waals surface area contributed by atoms with Crippen LogP contribution >= 0.6 is 15.9 Å². The van der Waals surface area contributed by atoms with Gasteiger partial charge in [-0.1, -0.05) is 46.3 Å². The molecule has 0 radical (unpaired) electrons. The number of anilines is 1. The molecular weight excluding hydrogens is 316 g/mol. The minimum Gasteiger partial charge on any atom is -0.335 e. The summed E-state index contributed by atoms with van der Waals surface area (Å²) in [5, 5.41) is 5.74. The van der Waals surface area contributed by atoms with Crippen LogP contribution in [0.15, 0.2) is 59.1 Å². The molecule has 0 aliphatic carbocycles. The molecule has 2 aromatic carbocycles. The van der Waals surface area contributed by atoms with E-state index < -0.39 is 0 Å². The van der Waals surface area contributed by atoms with Crippen molar-refractivity contribution in [2.75, 3.05) is 5.32 Å². The van der Waals surface area contributed by atoms with E-state index in [0.29, 0.717) is 0 Å². The normalized spacial score (nSPS) is 11.7. The molecule has 0 aliphatic heterocycles. The lowest BCUT2D eigenvalue weighted by atomic mass is 10.1. The molecule has 0 heterocycles. The number of hydrogen-bond donors (Lipinski definition) is 2. The predicted octanol–water partition coefficient (Wildman–Crippen LogP) is 4.20. The van der Waals surface area contributed by atoms with Gasteiger partial charge in [-0.25, -0.2) is 4.79 Å². The topological polar surface area (TPSA) is 41.1 Å². The van der Waals surface area contributed by atoms with Gasteiger partial charge in [-0.15, -0.1) is 0 Å². The standard InChI is InChI=1S/C16H17BrN2O/c1-12(11-13-5-3-2-4-6-13)18-16(20)19-15-9-7-14(17)8-10-15/h2-10,12H,11H2,1H3,(H2,18,19,20). The molecule has 0 saturated heterocycles. The first kappa shape index (κ1) is 14.6.